The maximum atomic E-state index is 13.1. The number of rotatable bonds is 8. The van der Waals surface area contributed by atoms with Crippen LogP contribution in [0.2, 0.25) is 0 Å². The molecular weight excluding hydrogens is 419 g/mol. The van der Waals surface area contributed by atoms with Gasteiger partial charge in [0.25, 0.3) is 0 Å². The quantitative estimate of drug-likeness (QED) is 0.549. The molecule has 2 N–H and O–H groups in total. The molecule has 1 atom stereocenters. The Balaban J connectivity index is 1.71. The lowest BCUT2D eigenvalue weighted by molar-refractivity contribution is -0.123. The van der Waals surface area contributed by atoms with Gasteiger partial charge in [0.05, 0.1) is 11.4 Å². The minimum absolute atomic E-state index is 0.0403. The van der Waals surface area contributed by atoms with E-state index in [0.29, 0.717) is 5.76 Å². The molecule has 0 saturated carbocycles. The van der Waals surface area contributed by atoms with Crippen LogP contribution >= 0.6 is 0 Å². The molecule has 31 heavy (non-hydrogen) atoms. The highest BCUT2D eigenvalue weighted by molar-refractivity contribution is 7.89. The molecule has 1 amide bonds. The smallest absolute Gasteiger partial charge is 0.241 e. The van der Waals surface area contributed by atoms with Gasteiger partial charge < -0.3 is 9.73 Å². The summed E-state index contributed by atoms with van der Waals surface area (Å²) < 4.78 is 46.7. The Kier molecular flexibility index (Phi) is 6.92. The first-order chi connectivity index (χ1) is 14.7. The minimum atomic E-state index is -3.93. The third-order valence-electron chi connectivity index (χ3n) is 4.81. The highest BCUT2D eigenvalue weighted by Crippen LogP contribution is 2.22. The molecule has 2 aromatic carbocycles. The monoisotopic (exact) mass is 444 g/mol. The number of benzene rings is 2. The topological polar surface area (TPSA) is 88.4 Å². The minimum Gasteiger partial charge on any atom is -0.465 e. The van der Waals surface area contributed by atoms with Crippen molar-refractivity contribution in [3.8, 4) is 11.1 Å². The molecule has 0 bridgehead atoms. The van der Waals surface area contributed by atoms with Crippen LogP contribution in [-0.2, 0) is 21.4 Å². The lowest BCUT2D eigenvalue weighted by Crippen LogP contribution is -2.49. The number of hydrogen-bond acceptors (Lipinski definition) is 4. The number of aryl methyl sites for hydroxylation is 1. The average Bonchev–Trinajstić information content (AvgIpc) is 3.16. The summed E-state index contributed by atoms with van der Waals surface area (Å²) in [4.78, 5) is 12.7. The predicted molar refractivity (Wildman–Crippen MR) is 116 cm³/mol. The van der Waals surface area contributed by atoms with E-state index in [2.05, 4.69) is 10.0 Å². The predicted octanol–water partition coefficient (Wildman–Crippen LogP) is 4.01. The number of hydrogen-bond donors (Lipinski definition) is 2. The summed E-state index contributed by atoms with van der Waals surface area (Å²) in [7, 11) is -3.93. The number of sulfonamides is 1. The Hall–Kier alpha value is -2.97. The number of carbonyl (C=O) groups excluding carboxylic acids is 1. The fraction of sp³-hybridized carbons (Fsp3) is 0.261. The van der Waals surface area contributed by atoms with Crippen molar-refractivity contribution in [2.75, 3.05) is 0 Å². The van der Waals surface area contributed by atoms with Gasteiger partial charge in [0.1, 0.15) is 23.4 Å². The molecule has 3 aromatic rings. The molecule has 0 saturated heterocycles. The average molecular weight is 445 g/mol. The normalized spacial score (nSPS) is 12.7. The second-order valence-corrected chi connectivity index (χ2v) is 9.32. The number of nitrogens with one attached hydrogen (secondary N) is 2. The number of furan rings is 1. The van der Waals surface area contributed by atoms with Gasteiger partial charge >= 0.3 is 0 Å². The molecule has 0 aliphatic carbocycles. The van der Waals surface area contributed by atoms with Crippen LogP contribution in [0, 0.1) is 18.7 Å². The van der Waals surface area contributed by atoms with Gasteiger partial charge in [-0.25, -0.2) is 12.8 Å². The molecule has 0 fully saturated rings. The summed E-state index contributed by atoms with van der Waals surface area (Å²) in [5.41, 5.74) is 1.52. The lowest BCUT2D eigenvalue weighted by atomic mass is 10.1. The van der Waals surface area contributed by atoms with Crippen molar-refractivity contribution in [2.24, 2.45) is 5.92 Å². The van der Waals surface area contributed by atoms with E-state index in [1.165, 1.54) is 24.3 Å². The van der Waals surface area contributed by atoms with Crippen LogP contribution in [0.15, 0.2) is 70.0 Å². The zero-order valence-corrected chi connectivity index (χ0v) is 18.4. The van der Waals surface area contributed by atoms with Crippen molar-refractivity contribution in [3.05, 3.63) is 78.0 Å². The van der Waals surface area contributed by atoms with Gasteiger partial charge in [0.15, 0.2) is 0 Å². The molecule has 6 nitrogen and oxygen atoms in total. The zero-order chi connectivity index (χ0) is 22.6. The van der Waals surface area contributed by atoms with Gasteiger partial charge in [-0.05, 0) is 60.4 Å². The van der Waals surface area contributed by atoms with Gasteiger partial charge in [0.2, 0.25) is 15.9 Å². The number of halogens is 1. The SMILES string of the molecule is Cc1ccc(CNC(=O)C(NS(=O)(=O)c2ccc(-c3ccc(F)cc3)cc2)C(C)C)o1. The molecule has 1 aromatic heterocycles. The van der Waals surface area contributed by atoms with Crippen molar-refractivity contribution < 1.29 is 22.0 Å². The Morgan fingerprint density at radius 3 is 2.06 bits per heavy atom. The summed E-state index contributed by atoms with van der Waals surface area (Å²) in [6.45, 7) is 5.50. The first-order valence-electron chi connectivity index (χ1n) is 9.87. The fourth-order valence-electron chi connectivity index (χ4n) is 3.06. The third kappa shape index (κ3) is 5.80. The third-order valence-corrected chi connectivity index (χ3v) is 6.26. The number of carbonyl (C=O) groups is 1. The first kappa shape index (κ1) is 22.7. The molecule has 0 spiro atoms. The van der Waals surface area contributed by atoms with E-state index >= 15 is 0 Å². The summed E-state index contributed by atoms with van der Waals surface area (Å²) in [5.74, 6) is 0.275. The van der Waals surface area contributed by atoms with Crippen LogP contribution in [0.1, 0.15) is 25.4 Å². The molecular formula is C23H25FN2O4S. The van der Waals surface area contributed by atoms with Crippen LogP contribution < -0.4 is 10.0 Å². The second-order valence-electron chi connectivity index (χ2n) is 7.60. The van der Waals surface area contributed by atoms with Crippen LogP contribution in [0.3, 0.4) is 0 Å². The van der Waals surface area contributed by atoms with Gasteiger partial charge in [-0.15, -0.1) is 0 Å². The van der Waals surface area contributed by atoms with Crippen molar-refractivity contribution in [3.63, 3.8) is 0 Å². The summed E-state index contributed by atoms with van der Waals surface area (Å²) >= 11 is 0. The Morgan fingerprint density at radius 1 is 0.968 bits per heavy atom. The van der Waals surface area contributed by atoms with Crippen molar-refractivity contribution >= 4 is 15.9 Å². The fourth-order valence-corrected chi connectivity index (χ4v) is 4.40. The molecule has 1 unspecified atom stereocenters. The van der Waals surface area contributed by atoms with Crippen molar-refractivity contribution in [1.29, 1.82) is 0 Å². The molecule has 164 valence electrons. The second kappa shape index (κ2) is 9.45. The molecule has 0 aliphatic heterocycles. The highest BCUT2D eigenvalue weighted by Gasteiger charge is 2.28. The largest absolute Gasteiger partial charge is 0.465 e. The van der Waals surface area contributed by atoms with E-state index in [0.717, 1.165) is 16.9 Å². The van der Waals surface area contributed by atoms with E-state index in [1.54, 1.807) is 57.2 Å². The van der Waals surface area contributed by atoms with Gasteiger partial charge in [-0.2, -0.15) is 4.72 Å². The first-order valence-corrected chi connectivity index (χ1v) is 11.4. The summed E-state index contributed by atoms with van der Waals surface area (Å²) in [6.07, 6.45) is 0. The molecule has 0 aliphatic rings. The Morgan fingerprint density at radius 2 is 1.55 bits per heavy atom. The van der Waals surface area contributed by atoms with Crippen LogP contribution in [0.5, 0.6) is 0 Å². The van der Waals surface area contributed by atoms with Crippen LogP contribution in [0.25, 0.3) is 11.1 Å². The van der Waals surface area contributed by atoms with Crippen molar-refractivity contribution in [2.45, 2.75) is 38.3 Å². The zero-order valence-electron chi connectivity index (χ0n) is 17.6. The number of amides is 1. The van der Waals surface area contributed by atoms with E-state index < -0.39 is 22.0 Å². The van der Waals surface area contributed by atoms with Crippen LogP contribution in [-0.4, -0.2) is 20.4 Å². The maximum absolute atomic E-state index is 13.1. The molecule has 8 heteroatoms. The van der Waals surface area contributed by atoms with E-state index in [-0.39, 0.29) is 23.2 Å². The van der Waals surface area contributed by atoms with Gasteiger partial charge in [-0.3, -0.25) is 4.79 Å². The molecule has 3 rings (SSSR count). The van der Waals surface area contributed by atoms with Gasteiger partial charge in [0, 0.05) is 0 Å². The molecule has 1 heterocycles. The standard InChI is InChI=1S/C23H25FN2O4S/c1-15(2)22(23(27)25-14-20-11-4-16(3)30-20)26-31(28,29)21-12-7-18(8-13-21)17-5-9-19(24)10-6-17/h4-13,15,22,26H,14H2,1-3H3,(H,25,27). The van der Waals surface area contributed by atoms with Crippen LogP contribution in [0.4, 0.5) is 4.39 Å². The van der Waals surface area contributed by atoms with Crippen molar-refractivity contribution in [1.82, 2.24) is 10.0 Å². The van der Waals surface area contributed by atoms with E-state index in [4.69, 9.17) is 4.42 Å². The van der Waals surface area contributed by atoms with E-state index in [9.17, 15) is 17.6 Å². The summed E-state index contributed by atoms with van der Waals surface area (Å²) in [5, 5.41) is 2.71. The van der Waals surface area contributed by atoms with Gasteiger partial charge in [-0.1, -0.05) is 38.1 Å². The maximum Gasteiger partial charge on any atom is 0.241 e. The lowest BCUT2D eigenvalue weighted by Gasteiger charge is -2.21. The Bertz CT molecular complexity index is 1140. The molecule has 0 radical (unpaired) electrons. The van der Waals surface area contributed by atoms with E-state index in [1.807, 2.05) is 0 Å². The summed E-state index contributed by atoms with van der Waals surface area (Å²) in [6, 6.07) is 14.7. The highest BCUT2D eigenvalue weighted by atomic mass is 32.2. The Labute approximate surface area is 181 Å².